The maximum atomic E-state index is 12.6. The molecule has 1 amide bonds. The molecule has 6 nitrogen and oxygen atoms in total. The third kappa shape index (κ3) is 6.73. The minimum Gasteiger partial charge on any atom is -0.467 e. The van der Waals surface area contributed by atoms with Crippen LogP contribution >= 0.6 is 0 Å². The van der Waals surface area contributed by atoms with E-state index in [1.54, 1.807) is 0 Å². The van der Waals surface area contributed by atoms with E-state index in [9.17, 15) is 27.6 Å². The highest BCUT2D eigenvalue weighted by Crippen LogP contribution is 2.29. The van der Waals surface area contributed by atoms with Gasteiger partial charge in [0.05, 0.1) is 18.2 Å². The molecular weight excluding hydrogens is 355 g/mol. The van der Waals surface area contributed by atoms with E-state index in [-0.39, 0.29) is 11.5 Å². The van der Waals surface area contributed by atoms with Crippen LogP contribution in [-0.4, -0.2) is 37.6 Å². The second-order valence-corrected chi connectivity index (χ2v) is 5.93. The van der Waals surface area contributed by atoms with Crippen molar-refractivity contribution in [3.8, 4) is 0 Å². The average molecular weight is 375 g/mol. The number of ether oxygens (including phenoxy) is 2. The van der Waals surface area contributed by atoms with Crippen LogP contribution in [0.4, 0.5) is 13.2 Å². The molecular formula is C17H20F3NO5. The van der Waals surface area contributed by atoms with Gasteiger partial charge in [0.1, 0.15) is 6.04 Å². The number of esters is 2. The van der Waals surface area contributed by atoms with Crippen LogP contribution in [-0.2, 0) is 25.2 Å². The fraction of sp³-hybridized carbons (Fsp3) is 0.471. The Labute approximate surface area is 148 Å². The maximum Gasteiger partial charge on any atom is 0.416 e. The van der Waals surface area contributed by atoms with Gasteiger partial charge in [0.15, 0.2) is 6.61 Å². The Bertz CT molecular complexity index is 658. The second kappa shape index (κ2) is 9.21. The molecule has 144 valence electrons. The van der Waals surface area contributed by atoms with E-state index in [4.69, 9.17) is 4.74 Å². The largest absolute Gasteiger partial charge is 0.467 e. The molecule has 0 aliphatic carbocycles. The number of halogens is 3. The van der Waals surface area contributed by atoms with Crippen molar-refractivity contribution in [2.75, 3.05) is 13.7 Å². The Hall–Kier alpha value is -2.58. The number of carbonyl (C=O) groups is 3. The highest BCUT2D eigenvalue weighted by atomic mass is 19.4. The van der Waals surface area contributed by atoms with Crippen LogP contribution in [0, 0.1) is 5.92 Å². The molecule has 0 fully saturated rings. The first kappa shape index (κ1) is 21.5. The van der Waals surface area contributed by atoms with Crippen LogP contribution in [0.15, 0.2) is 24.3 Å². The zero-order valence-corrected chi connectivity index (χ0v) is 14.6. The molecule has 9 heteroatoms. The smallest absolute Gasteiger partial charge is 0.416 e. The standard InChI is InChI=1S/C17H20F3NO5/c1-10(2)7-13(16(24)25-3)21-14(22)9-26-15(23)11-5-4-6-12(8-11)17(18,19)20/h4-6,8,10,13H,7,9H2,1-3H3,(H,21,22)/t13-/m1/s1. The van der Waals surface area contributed by atoms with Gasteiger partial charge in [0.25, 0.3) is 5.91 Å². The molecule has 0 saturated heterocycles. The number of benzene rings is 1. The number of alkyl halides is 3. The molecule has 1 aromatic rings. The van der Waals surface area contributed by atoms with Gasteiger partial charge in [-0.25, -0.2) is 9.59 Å². The Morgan fingerprint density at radius 1 is 1.19 bits per heavy atom. The topological polar surface area (TPSA) is 81.7 Å². The lowest BCUT2D eigenvalue weighted by atomic mass is 10.0. The van der Waals surface area contributed by atoms with Gasteiger partial charge in [-0.1, -0.05) is 19.9 Å². The van der Waals surface area contributed by atoms with Crippen molar-refractivity contribution in [2.24, 2.45) is 5.92 Å². The van der Waals surface area contributed by atoms with Crippen molar-refractivity contribution >= 4 is 17.8 Å². The quantitative estimate of drug-likeness (QED) is 0.741. The molecule has 1 N–H and O–H groups in total. The minimum atomic E-state index is -4.60. The lowest BCUT2D eigenvalue weighted by Crippen LogP contribution is -2.44. The number of rotatable bonds is 7. The van der Waals surface area contributed by atoms with Crippen LogP contribution in [0.5, 0.6) is 0 Å². The number of methoxy groups -OCH3 is 1. The van der Waals surface area contributed by atoms with Gasteiger partial charge in [0.2, 0.25) is 0 Å². The SMILES string of the molecule is COC(=O)[C@@H](CC(C)C)NC(=O)COC(=O)c1cccc(C(F)(F)F)c1. The Morgan fingerprint density at radius 2 is 1.85 bits per heavy atom. The summed E-state index contributed by atoms with van der Waals surface area (Å²) < 4.78 is 47.2. The predicted octanol–water partition coefficient (Wildman–Crippen LogP) is 2.57. The lowest BCUT2D eigenvalue weighted by Gasteiger charge is -2.18. The number of nitrogens with one attached hydrogen (secondary N) is 1. The Balaban J connectivity index is 2.66. The molecule has 0 heterocycles. The number of hydrogen-bond donors (Lipinski definition) is 1. The predicted molar refractivity (Wildman–Crippen MR) is 85.1 cm³/mol. The summed E-state index contributed by atoms with van der Waals surface area (Å²) in [7, 11) is 1.18. The van der Waals surface area contributed by atoms with E-state index in [2.05, 4.69) is 10.1 Å². The zero-order valence-electron chi connectivity index (χ0n) is 14.6. The van der Waals surface area contributed by atoms with E-state index in [1.165, 1.54) is 7.11 Å². The molecule has 1 rings (SSSR count). The van der Waals surface area contributed by atoms with E-state index >= 15 is 0 Å². The molecule has 26 heavy (non-hydrogen) atoms. The van der Waals surface area contributed by atoms with Gasteiger partial charge in [-0.15, -0.1) is 0 Å². The van der Waals surface area contributed by atoms with Crippen molar-refractivity contribution in [1.29, 1.82) is 0 Å². The van der Waals surface area contributed by atoms with Crippen molar-refractivity contribution in [2.45, 2.75) is 32.5 Å². The summed E-state index contributed by atoms with van der Waals surface area (Å²) in [5.74, 6) is -2.39. The Morgan fingerprint density at radius 3 is 2.38 bits per heavy atom. The summed E-state index contributed by atoms with van der Waals surface area (Å²) in [6.07, 6.45) is -4.28. The first-order chi connectivity index (χ1) is 12.0. The van der Waals surface area contributed by atoms with Crippen molar-refractivity contribution in [3.05, 3.63) is 35.4 Å². The second-order valence-electron chi connectivity index (χ2n) is 5.93. The summed E-state index contributed by atoms with van der Waals surface area (Å²) >= 11 is 0. The monoisotopic (exact) mass is 375 g/mol. The molecule has 0 radical (unpaired) electrons. The molecule has 0 aliphatic heterocycles. The van der Waals surface area contributed by atoms with Gasteiger partial charge in [-0.05, 0) is 30.5 Å². The van der Waals surface area contributed by atoms with E-state index in [0.29, 0.717) is 12.5 Å². The van der Waals surface area contributed by atoms with Crippen molar-refractivity contribution < 1.29 is 37.0 Å². The van der Waals surface area contributed by atoms with Gasteiger partial charge in [0, 0.05) is 0 Å². The third-order valence-electron chi connectivity index (χ3n) is 3.29. The summed E-state index contributed by atoms with van der Waals surface area (Å²) in [6.45, 7) is 2.95. The first-order valence-electron chi connectivity index (χ1n) is 7.76. The van der Waals surface area contributed by atoms with Crippen molar-refractivity contribution in [3.63, 3.8) is 0 Å². The molecule has 0 bridgehead atoms. The molecule has 0 saturated carbocycles. The highest BCUT2D eigenvalue weighted by Gasteiger charge is 2.31. The van der Waals surface area contributed by atoms with E-state index in [0.717, 1.165) is 18.2 Å². The first-order valence-corrected chi connectivity index (χ1v) is 7.76. The average Bonchev–Trinajstić information content (AvgIpc) is 2.57. The lowest BCUT2D eigenvalue weighted by molar-refractivity contribution is -0.145. The summed E-state index contributed by atoms with van der Waals surface area (Å²) in [6, 6.07) is 2.76. The normalized spacial score (nSPS) is 12.4. The van der Waals surface area contributed by atoms with Crippen LogP contribution in [0.3, 0.4) is 0 Å². The fourth-order valence-corrected chi connectivity index (χ4v) is 2.10. The number of hydrogen-bond acceptors (Lipinski definition) is 5. The molecule has 0 aliphatic rings. The van der Waals surface area contributed by atoms with Crippen LogP contribution in [0.2, 0.25) is 0 Å². The minimum absolute atomic E-state index is 0.0899. The van der Waals surface area contributed by atoms with Gasteiger partial charge < -0.3 is 14.8 Å². The molecule has 1 aromatic carbocycles. The van der Waals surface area contributed by atoms with E-state index < -0.39 is 42.2 Å². The number of carbonyl (C=O) groups excluding carboxylic acids is 3. The molecule has 1 atom stereocenters. The van der Waals surface area contributed by atoms with Crippen LogP contribution in [0.1, 0.15) is 36.2 Å². The van der Waals surface area contributed by atoms with Crippen LogP contribution in [0.25, 0.3) is 0 Å². The van der Waals surface area contributed by atoms with Crippen LogP contribution < -0.4 is 5.32 Å². The number of amides is 1. The van der Waals surface area contributed by atoms with E-state index in [1.807, 2.05) is 13.8 Å². The zero-order chi connectivity index (χ0) is 19.9. The summed E-state index contributed by atoms with van der Waals surface area (Å²) in [4.78, 5) is 35.3. The van der Waals surface area contributed by atoms with Crippen molar-refractivity contribution in [1.82, 2.24) is 5.32 Å². The van der Waals surface area contributed by atoms with Gasteiger partial charge >= 0.3 is 18.1 Å². The molecule has 0 unspecified atom stereocenters. The van der Waals surface area contributed by atoms with Gasteiger partial charge in [-0.2, -0.15) is 13.2 Å². The van der Waals surface area contributed by atoms with Gasteiger partial charge in [-0.3, -0.25) is 4.79 Å². The summed E-state index contributed by atoms with van der Waals surface area (Å²) in [5.41, 5.74) is -1.33. The maximum absolute atomic E-state index is 12.6. The molecule has 0 aromatic heterocycles. The molecule has 0 spiro atoms. The summed E-state index contributed by atoms with van der Waals surface area (Å²) in [5, 5.41) is 2.37. The highest BCUT2D eigenvalue weighted by molar-refractivity contribution is 5.92. The fourth-order valence-electron chi connectivity index (χ4n) is 2.10. The third-order valence-corrected chi connectivity index (χ3v) is 3.29. The Kier molecular flexibility index (Phi) is 7.60.